The fourth-order valence-corrected chi connectivity index (χ4v) is 4.34. The van der Waals surface area contributed by atoms with Gasteiger partial charge in [-0.15, -0.1) is 0 Å². The SMILES string of the molecule is CN(C)C(C1(c2ccc(Cl)cc2)CCC1)C(O)(O)C(O)(C(O)(O)O)C(O)(O)O. The third-order valence-electron chi connectivity index (χ3n) is 5.59. The maximum absolute atomic E-state index is 10.8. The van der Waals surface area contributed by atoms with Crippen LogP contribution in [0.25, 0.3) is 0 Å². The summed E-state index contributed by atoms with van der Waals surface area (Å²) in [7, 11) is 2.73. The van der Waals surface area contributed by atoms with Gasteiger partial charge in [-0.25, -0.2) is 0 Å². The molecule has 1 aliphatic carbocycles. The zero-order chi connectivity index (χ0) is 21.8. The van der Waals surface area contributed by atoms with Gasteiger partial charge in [-0.1, -0.05) is 30.2 Å². The van der Waals surface area contributed by atoms with E-state index in [1.54, 1.807) is 24.3 Å². The standard InChI is InChI=1S/C17H26ClNO9/c1-19(2)12(13(8-3-9-13)10-4-6-11(18)7-5-10)14(20,21)15(22,16(23,24)25)17(26,27)28/h4-7,12,20-28H,3,8-9H2,1-2H3. The molecule has 1 aliphatic rings. The van der Waals surface area contributed by atoms with Crippen molar-refractivity contribution in [2.45, 2.75) is 54.1 Å². The summed E-state index contributed by atoms with van der Waals surface area (Å²) in [6.07, 6.45) is 1.30. The van der Waals surface area contributed by atoms with Crippen LogP contribution in [-0.4, -0.2) is 94.3 Å². The summed E-state index contributed by atoms with van der Waals surface area (Å²) in [5.74, 6) is -12.9. The van der Waals surface area contributed by atoms with Gasteiger partial charge < -0.3 is 50.9 Å². The molecule has 11 heteroatoms. The summed E-state index contributed by atoms with van der Waals surface area (Å²) < 4.78 is 0. The summed E-state index contributed by atoms with van der Waals surface area (Å²) >= 11 is 5.90. The molecule has 0 spiro atoms. The fraction of sp³-hybridized carbons (Fsp3) is 0.647. The highest BCUT2D eigenvalue weighted by Gasteiger charge is 2.77. The van der Waals surface area contributed by atoms with E-state index in [4.69, 9.17) is 11.6 Å². The molecule has 2 rings (SSSR count). The quantitative estimate of drug-likeness (QED) is 0.210. The molecule has 0 aliphatic heterocycles. The second-order valence-electron chi connectivity index (χ2n) is 7.59. The predicted octanol–water partition coefficient (Wildman–Crippen LogP) is -2.63. The highest BCUT2D eigenvalue weighted by atomic mass is 35.5. The van der Waals surface area contributed by atoms with Crippen molar-refractivity contribution in [2.75, 3.05) is 14.1 Å². The smallest absolute Gasteiger partial charge is 0.320 e. The van der Waals surface area contributed by atoms with E-state index in [-0.39, 0.29) is 0 Å². The van der Waals surface area contributed by atoms with E-state index in [2.05, 4.69) is 0 Å². The van der Waals surface area contributed by atoms with Crippen LogP contribution in [0.5, 0.6) is 0 Å². The largest absolute Gasteiger partial charge is 0.371 e. The Morgan fingerprint density at radius 2 is 1.29 bits per heavy atom. The van der Waals surface area contributed by atoms with Gasteiger partial charge >= 0.3 is 11.9 Å². The van der Waals surface area contributed by atoms with Crippen LogP contribution in [0.15, 0.2) is 24.3 Å². The summed E-state index contributed by atoms with van der Waals surface area (Å²) in [6.45, 7) is 0. The van der Waals surface area contributed by atoms with Crippen molar-refractivity contribution in [3.63, 3.8) is 0 Å². The average molecular weight is 424 g/mol. The Balaban J connectivity index is 2.71. The van der Waals surface area contributed by atoms with Gasteiger partial charge in [0.15, 0.2) is 0 Å². The van der Waals surface area contributed by atoms with Crippen LogP contribution in [0.1, 0.15) is 24.8 Å². The van der Waals surface area contributed by atoms with Crippen LogP contribution in [0, 0.1) is 0 Å². The molecule has 1 saturated carbocycles. The first-order valence-electron chi connectivity index (χ1n) is 8.46. The van der Waals surface area contributed by atoms with Crippen LogP contribution in [0.3, 0.4) is 0 Å². The van der Waals surface area contributed by atoms with Gasteiger partial charge in [0.25, 0.3) is 5.60 Å². The van der Waals surface area contributed by atoms with Gasteiger partial charge in [0.05, 0.1) is 6.04 Å². The van der Waals surface area contributed by atoms with E-state index in [0.717, 1.165) is 0 Å². The lowest BCUT2D eigenvalue weighted by Gasteiger charge is -2.59. The van der Waals surface area contributed by atoms with Crippen molar-refractivity contribution in [1.82, 2.24) is 4.90 Å². The first-order chi connectivity index (χ1) is 12.5. The Morgan fingerprint density at radius 3 is 1.57 bits per heavy atom. The minimum Gasteiger partial charge on any atom is -0.371 e. The number of likely N-dealkylation sites (N-methyl/N-ethyl adjacent to an activating group) is 1. The van der Waals surface area contributed by atoms with Crippen molar-refractivity contribution in [3.05, 3.63) is 34.9 Å². The molecule has 0 radical (unpaired) electrons. The highest BCUT2D eigenvalue weighted by Crippen LogP contribution is 2.53. The topological polar surface area (TPSA) is 185 Å². The van der Waals surface area contributed by atoms with Crippen LogP contribution >= 0.6 is 11.6 Å². The molecule has 1 unspecified atom stereocenters. The van der Waals surface area contributed by atoms with E-state index in [0.29, 0.717) is 29.8 Å². The number of hydrogen-bond donors (Lipinski definition) is 9. The Bertz CT molecular complexity index is 676. The number of hydrogen-bond acceptors (Lipinski definition) is 10. The predicted molar refractivity (Wildman–Crippen MR) is 95.3 cm³/mol. The number of rotatable bonds is 7. The Kier molecular flexibility index (Phi) is 5.94. The lowest BCUT2D eigenvalue weighted by atomic mass is 9.56. The molecule has 0 heterocycles. The highest BCUT2D eigenvalue weighted by molar-refractivity contribution is 6.30. The fourth-order valence-electron chi connectivity index (χ4n) is 4.22. The zero-order valence-electron chi connectivity index (χ0n) is 15.4. The Hall–Kier alpha value is -0.890. The van der Waals surface area contributed by atoms with E-state index in [9.17, 15) is 46.0 Å². The van der Waals surface area contributed by atoms with Crippen LogP contribution in [0.4, 0.5) is 0 Å². The third-order valence-corrected chi connectivity index (χ3v) is 5.84. The summed E-state index contributed by atoms with van der Waals surface area (Å²) in [5.41, 5.74) is -5.03. The lowest BCUT2D eigenvalue weighted by Crippen LogP contribution is -2.84. The minimum atomic E-state index is -4.52. The van der Waals surface area contributed by atoms with Gasteiger partial charge in [-0.3, -0.25) is 0 Å². The van der Waals surface area contributed by atoms with Crippen molar-refractivity contribution in [1.29, 1.82) is 0 Å². The summed E-state index contributed by atoms with van der Waals surface area (Å²) in [4.78, 5) is 1.19. The van der Waals surface area contributed by atoms with Gasteiger partial charge in [-0.2, -0.15) is 0 Å². The first kappa shape index (κ1) is 23.4. The molecule has 0 bridgehead atoms. The Labute approximate surface area is 166 Å². The molecule has 160 valence electrons. The minimum absolute atomic E-state index is 0.334. The maximum Gasteiger partial charge on any atom is 0.320 e. The van der Waals surface area contributed by atoms with Crippen molar-refractivity contribution in [3.8, 4) is 0 Å². The number of benzene rings is 1. The van der Waals surface area contributed by atoms with E-state index >= 15 is 0 Å². The summed E-state index contributed by atoms with van der Waals surface area (Å²) in [6, 6.07) is 4.64. The van der Waals surface area contributed by atoms with E-state index in [1.807, 2.05) is 0 Å². The molecule has 1 fully saturated rings. The molecule has 1 atom stereocenters. The molecular weight excluding hydrogens is 398 g/mol. The zero-order valence-corrected chi connectivity index (χ0v) is 16.1. The molecule has 0 amide bonds. The third kappa shape index (κ3) is 3.34. The van der Waals surface area contributed by atoms with Crippen LogP contribution in [0.2, 0.25) is 5.02 Å². The van der Waals surface area contributed by atoms with Gasteiger partial charge in [0.2, 0.25) is 5.79 Å². The van der Waals surface area contributed by atoms with E-state index < -0.39 is 34.8 Å². The molecule has 0 aromatic heterocycles. The molecular formula is C17H26ClNO9. The molecule has 10 nitrogen and oxygen atoms in total. The maximum atomic E-state index is 10.8. The first-order valence-corrected chi connectivity index (χ1v) is 8.84. The number of nitrogens with zero attached hydrogens (tertiary/aromatic N) is 1. The van der Waals surface area contributed by atoms with Gasteiger partial charge in [0, 0.05) is 10.4 Å². The van der Waals surface area contributed by atoms with Gasteiger partial charge in [0.1, 0.15) is 0 Å². The van der Waals surface area contributed by atoms with Crippen molar-refractivity contribution >= 4 is 11.6 Å². The second-order valence-corrected chi connectivity index (χ2v) is 8.03. The second kappa shape index (κ2) is 7.11. The monoisotopic (exact) mass is 423 g/mol. The van der Waals surface area contributed by atoms with Crippen molar-refractivity contribution < 1.29 is 46.0 Å². The van der Waals surface area contributed by atoms with E-state index in [1.165, 1.54) is 19.0 Å². The normalized spacial score (nSPS) is 19.5. The Morgan fingerprint density at radius 1 is 0.857 bits per heavy atom. The molecule has 9 N–H and O–H groups in total. The molecule has 28 heavy (non-hydrogen) atoms. The molecule has 0 saturated heterocycles. The van der Waals surface area contributed by atoms with Crippen LogP contribution < -0.4 is 0 Å². The number of aliphatic hydroxyl groups is 9. The number of halogens is 1. The average Bonchev–Trinajstić information content (AvgIpc) is 2.47. The van der Waals surface area contributed by atoms with Crippen LogP contribution in [-0.2, 0) is 5.41 Å². The summed E-state index contributed by atoms with van der Waals surface area (Å²) in [5, 5.41) is 89.7. The van der Waals surface area contributed by atoms with Gasteiger partial charge in [-0.05, 0) is 44.6 Å². The molecule has 1 aromatic rings. The molecule has 1 aromatic carbocycles. The van der Waals surface area contributed by atoms with Crippen molar-refractivity contribution in [2.24, 2.45) is 0 Å². The lowest BCUT2D eigenvalue weighted by molar-refractivity contribution is -0.547.